The van der Waals surface area contributed by atoms with E-state index in [0.717, 1.165) is 61.3 Å². The predicted molar refractivity (Wildman–Crippen MR) is 163 cm³/mol. The minimum atomic E-state index is 0.233. The van der Waals surface area contributed by atoms with Gasteiger partial charge in [0.15, 0.2) is 11.5 Å². The summed E-state index contributed by atoms with van der Waals surface area (Å²) in [5.41, 5.74) is 5.79. The molecule has 0 atom stereocenters. The van der Waals surface area contributed by atoms with Gasteiger partial charge in [-0.2, -0.15) is 0 Å². The first-order chi connectivity index (χ1) is 20.8. The van der Waals surface area contributed by atoms with E-state index in [9.17, 15) is 0 Å². The van der Waals surface area contributed by atoms with E-state index >= 15 is 0 Å². The molecule has 0 fully saturated rings. The molecule has 0 amide bonds. The van der Waals surface area contributed by atoms with Crippen LogP contribution < -0.4 is 4.74 Å². The number of furan rings is 1. The zero-order valence-electron chi connectivity index (χ0n) is 22.6. The first-order valence-electron chi connectivity index (χ1n) is 13.8. The van der Waals surface area contributed by atoms with Gasteiger partial charge in [0.05, 0.1) is 23.9 Å². The van der Waals surface area contributed by atoms with Gasteiger partial charge in [-0.05, 0) is 34.7 Å². The van der Waals surface area contributed by atoms with Gasteiger partial charge >= 0.3 is 0 Å². The second-order valence-corrected chi connectivity index (χ2v) is 10.1. The van der Waals surface area contributed by atoms with Crippen LogP contribution >= 0.6 is 0 Å². The number of hydrogen-bond acceptors (Lipinski definition) is 5. The number of hydrogen-bond donors (Lipinski definition) is 0. The number of ether oxygens (including phenoxy) is 1. The molecule has 8 aromatic rings. The van der Waals surface area contributed by atoms with Crippen molar-refractivity contribution in [2.75, 3.05) is 0 Å². The summed E-state index contributed by atoms with van der Waals surface area (Å²) >= 11 is 0. The molecule has 0 aliphatic rings. The molecule has 0 N–H and O–H groups in total. The number of aromatic nitrogens is 5. The maximum absolute atomic E-state index is 6.25. The summed E-state index contributed by atoms with van der Waals surface area (Å²) in [5.74, 6) is 2.23. The van der Waals surface area contributed by atoms with Gasteiger partial charge in [-0.15, -0.1) is 5.10 Å². The third-order valence-electron chi connectivity index (χ3n) is 7.53. The van der Waals surface area contributed by atoms with Crippen LogP contribution in [0.2, 0.25) is 0 Å². The van der Waals surface area contributed by atoms with Crippen molar-refractivity contribution in [3.63, 3.8) is 0 Å². The van der Waals surface area contributed by atoms with Crippen molar-refractivity contribution in [1.29, 1.82) is 0 Å². The SMILES string of the molecule is c1ccc(-c2c(-c3ccccc3)n(Cc3ccco3)c3ncn4nc(COc5cccc6ccccc56)nc4c23)cc1. The summed E-state index contributed by atoms with van der Waals surface area (Å²) in [7, 11) is 0. The first-order valence-corrected chi connectivity index (χ1v) is 13.8. The molecule has 7 heteroatoms. The highest BCUT2D eigenvalue weighted by atomic mass is 16.5. The Morgan fingerprint density at radius 3 is 2.29 bits per heavy atom. The topological polar surface area (TPSA) is 70.4 Å². The lowest BCUT2D eigenvalue weighted by Crippen LogP contribution is -2.03. The van der Waals surface area contributed by atoms with Gasteiger partial charge < -0.3 is 13.7 Å². The van der Waals surface area contributed by atoms with Crippen LogP contribution in [0.25, 0.3) is 49.8 Å². The van der Waals surface area contributed by atoms with Crippen molar-refractivity contribution >= 4 is 27.5 Å². The van der Waals surface area contributed by atoms with Gasteiger partial charge in [-0.3, -0.25) is 0 Å². The van der Waals surface area contributed by atoms with E-state index in [2.05, 4.69) is 71.3 Å². The van der Waals surface area contributed by atoms with E-state index in [1.54, 1.807) is 17.1 Å². The van der Waals surface area contributed by atoms with Crippen molar-refractivity contribution in [1.82, 2.24) is 24.1 Å². The Hall–Kier alpha value is -5.69. The smallest absolute Gasteiger partial charge is 0.189 e. The molecule has 0 unspecified atom stereocenters. The summed E-state index contributed by atoms with van der Waals surface area (Å²) in [4.78, 5) is 9.95. The monoisotopic (exact) mass is 547 g/mol. The maximum atomic E-state index is 6.25. The molecule has 202 valence electrons. The summed E-state index contributed by atoms with van der Waals surface area (Å²) in [6, 6.07) is 38.9. The van der Waals surface area contributed by atoms with Crippen LogP contribution in [0, 0.1) is 0 Å². The van der Waals surface area contributed by atoms with E-state index in [4.69, 9.17) is 24.2 Å². The second-order valence-electron chi connectivity index (χ2n) is 10.1. The van der Waals surface area contributed by atoms with Crippen LogP contribution in [0.1, 0.15) is 11.6 Å². The summed E-state index contributed by atoms with van der Waals surface area (Å²) < 4.78 is 16.0. The fourth-order valence-corrected chi connectivity index (χ4v) is 5.70. The van der Waals surface area contributed by atoms with Crippen LogP contribution in [-0.4, -0.2) is 24.1 Å². The van der Waals surface area contributed by atoms with Gasteiger partial charge in [-0.1, -0.05) is 97.1 Å². The number of fused-ring (bicyclic) bond motifs is 4. The van der Waals surface area contributed by atoms with Gasteiger partial charge in [0.25, 0.3) is 0 Å². The van der Waals surface area contributed by atoms with Crippen LogP contribution in [0.3, 0.4) is 0 Å². The molecule has 0 radical (unpaired) electrons. The van der Waals surface area contributed by atoms with Gasteiger partial charge in [0.1, 0.15) is 30.1 Å². The minimum absolute atomic E-state index is 0.233. The standard InChI is InChI=1S/C35H25N5O2/c1-3-12-25(13-4-1)31-32-34(39(21-27-17-10-20-41-27)33(31)26-14-5-2-6-15-26)36-23-40-35(32)37-30(38-40)22-42-29-19-9-16-24-11-7-8-18-28(24)29/h1-20,23H,21-22H2. The highest BCUT2D eigenvalue weighted by Gasteiger charge is 2.25. The van der Waals surface area contributed by atoms with Crippen LogP contribution in [0.4, 0.5) is 0 Å². The van der Waals surface area contributed by atoms with Crippen LogP contribution in [-0.2, 0) is 13.2 Å². The lowest BCUT2D eigenvalue weighted by molar-refractivity contribution is 0.300. The van der Waals surface area contributed by atoms with Gasteiger partial charge in [-0.25, -0.2) is 14.5 Å². The molecule has 7 nitrogen and oxygen atoms in total. The fraction of sp³-hybridized carbons (Fsp3) is 0.0571. The molecule has 8 rings (SSSR count). The Balaban J connectivity index is 1.33. The summed E-state index contributed by atoms with van der Waals surface area (Å²) in [5, 5.41) is 7.88. The van der Waals surface area contributed by atoms with Crippen molar-refractivity contribution < 1.29 is 9.15 Å². The van der Waals surface area contributed by atoms with Crippen LogP contribution in [0.15, 0.2) is 132 Å². The summed E-state index contributed by atoms with van der Waals surface area (Å²) in [6.45, 7) is 0.755. The molecule has 0 aliphatic heterocycles. The third kappa shape index (κ3) is 4.10. The van der Waals surface area contributed by atoms with Crippen molar-refractivity contribution in [3.8, 4) is 28.1 Å². The number of rotatable bonds is 7. The molecule has 4 heterocycles. The Morgan fingerprint density at radius 1 is 0.714 bits per heavy atom. The van der Waals surface area contributed by atoms with Gasteiger partial charge in [0, 0.05) is 10.9 Å². The second kappa shape index (κ2) is 10.1. The minimum Gasteiger partial charge on any atom is -0.485 e. The average molecular weight is 548 g/mol. The van der Waals surface area contributed by atoms with E-state index in [0.29, 0.717) is 12.4 Å². The maximum Gasteiger partial charge on any atom is 0.189 e. The quantitative estimate of drug-likeness (QED) is 0.204. The molecule has 42 heavy (non-hydrogen) atoms. The first kappa shape index (κ1) is 24.1. The molecule has 0 saturated heterocycles. The van der Waals surface area contributed by atoms with Crippen molar-refractivity contribution in [2.45, 2.75) is 13.2 Å². The summed E-state index contributed by atoms with van der Waals surface area (Å²) in [6.07, 6.45) is 3.43. The Bertz CT molecular complexity index is 2160. The molecule has 4 aromatic heterocycles. The van der Waals surface area contributed by atoms with Gasteiger partial charge in [0.2, 0.25) is 0 Å². The fourth-order valence-electron chi connectivity index (χ4n) is 5.70. The normalized spacial score (nSPS) is 11.5. The Morgan fingerprint density at radius 2 is 1.48 bits per heavy atom. The Labute approximate surface area is 241 Å². The average Bonchev–Trinajstić information content (AvgIpc) is 3.79. The molecule has 0 aliphatic carbocycles. The van der Waals surface area contributed by atoms with E-state index < -0.39 is 0 Å². The third-order valence-corrected chi connectivity index (χ3v) is 7.53. The zero-order valence-corrected chi connectivity index (χ0v) is 22.6. The highest BCUT2D eigenvalue weighted by molar-refractivity contribution is 6.09. The highest BCUT2D eigenvalue weighted by Crippen LogP contribution is 2.42. The van der Waals surface area contributed by atoms with Crippen LogP contribution in [0.5, 0.6) is 5.75 Å². The molecule has 0 bridgehead atoms. The van der Waals surface area contributed by atoms with E-state index in [1.807, 2.05) is 48.5 Å². The van der Waals surface area contributed by atoms with E-state index in [1.165, 1.54) is 0 Å². The number of nitrogens with zero attached hydrogens (tertiary/aromatic N) is 5. The molecule has 0 spiro atoms. The molecule has 0 saturated carbocycles. The number of benzene rings is 4. The van der Waals surface area contributed by atoms with E-state index in [-0.39, 0.29) is 6.61 Å². The lowest BCUT2D eigenvalue weighted by atomic mass is 9.99. The zero-order chi connectivity index (χ0) is 27.9. The predicted octanol–water partition coefficient (Wildman–Crippen LogP) is 7.79. The van der Waals surface area contributed by atoms with Crippen molar-refractivity contribution in [2.24, 2.45) is 0 Å². The molecule has 4 aromatic carbocycles. The molecular formula is C35H25N5O2. The Kier molecular flexibility index (Phi) is 5.78. The van der Waals surface area contributed by atoms with Crippen molar-refractivity contribution in [3.05, 3.63) is 139 Å². The largest absolute Gasteiger partial charge is 0.485 e. The lowest BCUT2D eigenvalue weighted by Gasteiger charge is -2.11. The molecular weight excluding hydrogens is 522 g/mol.